The largest absolute Gasteiger partial charge is 0.354 e. The Hall–Kier alpha value is -2.71. The highest BCUT2D eigenvalue weighted by molar-refractivity contribution is 5.78. The summed E-state index contributed by atoms with van der Waals surface area (Å²) in [5.41, 5.74) is 3.80. The van der Waals surface area contributed by atoms with E-state index < -0.39 is 5.79 Å². The zero-order valence-electron chi connectivity index (χ0n) is 20.7. The Morgan fingerprint density at radius 1 is 1.14 bits per heavy atom. The standard InChI is InChI=1S/C27H36FN5O2/c1-3-4-5-6-19(2)30-26-29-18-25-23(31-22-9-7-21(28)8-10-22)17-24(33(25)32-26)20-11-13-27(14-12-20)34-15-16-35-27/h7-10,17-20,31H,3-6,11-16H2,1-2H3,(H,30,32)/t19-/m0/s1. The molecule has 0 unspecified atom stereocenters. The molecule has 0 radical (unpaired) electrons. The number of benzene rings is 1. The highest BCUT2D eigenvalue weighted by Crippen LogP contribution is 2.43. The first-order chi connectivity index (χ1) is 17.0. The molecule has 5 rings (SSSR count). The second-order valence-electron chi connectivity index (χ2n) is 9.92. The van der Waals surface area contributed by atoms with Gasteiger partial charge in [0, 0.05) is 36.2 Å². The lowest BCUT2D eigenvalue weighted by Crippen LogP contribution is -2.34. The van der Waals surface area contributed by atoms with E-state index in [1.54, 1.807) is 12.1 Å². The van der Waals surface area contributed by atoms with Crippen LogP contribution in [0.5, 0.6) is 0 Å². The molecule has 2 fully saturated rings. The molecular weight excluding hydrogens is 445 g/mol. The van der Waals surface area contributed by atoms with Crippen LogP contribution in [-0.4, -0.2) is 39.6 Å². The lowest BCUT2D eigenvalue weighted by Gasteiger charge is -2.35. The van der Waals surface area contributed by atoms with Crippen LogP contribution in [0.3, 0.4) is 0 Å². The Labute approximate surface area is 206 Å². The molecule has 3 aromatic rings. The van der Waals surface area contributed by atoms with Crippen LogP contribution in [-0.2, 0) is 9.47 Å². The second-order valence-corrected chi connectivity index (χ2v) is 9.92. The maximum Gasteiger partial charge on any atom is 0.241 e. The third-order valence-electron chi connectivity index (χ3n) is 7.26. The van der Waals surface area contributed by atoms with Crippen molar-refractivity contribution in [3.05, 3.63) is 48.0 Å². The van der Waals surface area contributed by atoms with Gasteiger partial charge in [-0.15, -0.1) is 5.10 Å². The Kier molecular flexibility index (Phi) is 7.20. The lowest BCUT2D eigenvalue weighted by molar-refractivity contribution is -0.179. The molecule has 1 saturated carbocycles. The van der Waals surface area contributed by atoms with Crippen LogP contribution in [0.4, 0.5) is 21.7 Å². The number of nitrogens with zero attached hydrogens (tertiary/aromatic N) is 3. The fraction of sp³-hybridized carbons (Fsp3) is 0.556. The number of hydrogen-bond donors (Lipinski definition) is 2. The Morgan fingerprint density at radius 2 is 1.89 bits per heavy atom. The van der Waals surface area contributed by atoms with E-state index in [0.717, 1.165) is 54.7 Å². The fourth-order valence-electron chi connectivity index (χ4n) is 5.29. The summed E-state index contributed by atoms with van der Waals surface area (Å²) < 4.78 is 27.3. The number of rotatable bonds is 9. The smallest absolute Gasteiger partial charge is 0.241 e. The van der Waals surface area contributed by atoms with Crippen LogP contribution < -0.4 is 10.6 Å². The molecule has 0 bridgehead atoms. The van der Waals surface area contributed by atoms with Crippen molar-refractivity contribution in [2.45, 2.75) is 83.0 Å². The summed E-state index contributed by atoms with van der Waals surface area (Å²) in [6.45, 7) is 5.77. The average molecular weight is 482 g/mol. The van der Waals surface area contributed by atoms with Gasteiger partial charge in [-0.05, 0) is 56.5 Å². The van der Waals surface area contributed by atoms with E-state index in [1.807, 2.05) is 10.7 Å². The molecule has 2 aromatic heterocycles. The van der Waals surface area contributed by atoms with E-state index in [4.69, 9.17) is 14.6 Å². The number of fused-ring (bicyclic) bond motifs is 1. The van der Waals surface area contributed by atoms with Gasteiger partial charge in [0.05, 0.1) is 25.1 Å². The van der Waals surface area contributed by atoms with E-state index in [9.17, 15) is 4.39 Å². The molecule has 1 saturated heterocycles. The van der Waals surface area contributed by atoms with Crippen LogP contribution in [0.2, 0.25) is 0 Å². The summed E-state index contributed by atoms with van der Waals surface area (Å²) in [4.78, 5) is 4.62. The van der Waals surface area contributed by atoms with Crippen molar-refractivity contribution in [2.24, 2.45) is 0 Å². The van der Waals surface area contributed by atoms with Crippen molar-refractivity contribution in [1.82, 2.24) is 14.6 Å². The second kappa shape index (κ2) is 10.5. The Balaban J connectivity index is 1.41. The van der Waals surface area contributed by atoms with Gasteiger partial charge in [-0.3, -0.25) is 0 Å². The highest BCUT2D eigenvalue weighted by Gasteiger charge is 2.41. The number of ether oxygens (including phenoxy) is 2. The SMILES string of the molecule is CCCCC[C@H](C)Nc1ncc2c(Nc3ccc(F)cc3)cc(C3CCC4(CC3)OCCO4)n2n1. The molecule has 2 aliphatic rings. The number of halogens is 1. The van der Waals surface area contributed by atoms with Gasteiger partial charge in [-0.1, -0.05) is 26.2 Å². The minimum Gasteiger partial charge on any atom is -0.354 e. The van der Waals surface area contributed by atoms with Crippen molar-refractivity contribution in [3.63, 3.8) is 0 Å². The zero-order valence-corrected chi connectivity index (χ0v) is 20.7. The van der Waals surface area contributed by atoms with E-state index in [2.05, 4.69) is 35.5 Å². The molecule has 1 aliphatic carbocycles. The number of aromatic nitrogens is 3. The summed E-state index contributed by atoms with van der Waals surface area (Å²) >= 11 is 0. The first-order valence-corrected chi connectivity index (χ1v) is 13.0. The van der Waals surface area contributed by atoms with Crippen LogP contribution in [0.25, 0.3) is 5.52 Å². The first-order valence-electron chi connectivity index (χ1n) is 13.0. The fourth-order valence-corrected chi connectivity index (χ4v) is 5.29. The molecule has 3 heterocycles. The third kappa shape index (κ3) is 5.43. The van der Waals surface area contributed by atoms with Gasteiger partial charge < -0.3 is 20.1 Å². The quantitative estimate of drug-likeness (QED) is 0.345. The minimum atomic E-state index is -0.394. The van der Waals surface area contributed by atoms with Crippen LogP contribution in [0.1, 0.15) is 76.8 Å². The number of nitrogens with one attached hydrogen (secondary N) is 2. The van der Waals surface area contributed by atoms with Crippen molar-refractivity contribution >= 4 is 22.8 Å². The van der Waals surface area contributed by atoms with Gasteiger partial charge in [0.15, 0.2) is 5.79 Å². The first kappa shape index (κ1) is 24.0. The molecule has 1 atom stereocenters. The van der Waals surface area contributed by atoms with Gasteiger partial charge in [0.25, 0.3) is 0 Å². The molecule has 0 amide bonds. The monoisotopic (exact) mass is 481 g/mol. The van der Waals surface area contributed by atoms with E-state index >= 15 is 0 Å². The predicted molar refractivity (Wildman–Crippen MR) is 136 cm³/mol. The normalized spacial score (nSPS) is 18.8. The molecule has 35 heavy (non-hydrogen) atoms. The van der Waals surface area contributed by atoms with Crippen molar-refractivity contribution in [3.8, 4) is 0 Å². The van der Waals surface area contributed by atoms with Crippen LogP contribution >= 0.6 is 0 Å². The van der Waals surface area contributed by atoms with Crippen molar-refractivity contribution in [1.29, 1.82) is 0 Å². The van der Waals surface area contributed by atoms with Crippen molar-refractivity contribution < 1.29 is 13.9 Å². The van der Waals surface area contributed by atoms with Crippen molar-refractivity contribution in [2.75, 3.05) is 23.8 Å². The predicted octanol–water partition coefficient (Wildman–Crippen LogP) is 6.39. The lowest BCUT2D eigenvalue weighted by atomic mass is 9.83. The average Bonchev–Trinajstić information content (AvgIpc) is 3.46. The number of hydrogen-bond acceptors (Lipinski definition) is 6. The van der Waals surface area contributed by atoms with Crippen LogP contribution in [0.15, 0.2) is 36.5 Å². The maximum absolute atomic E-state index is 13.4. The van der Waals surface area contributed by atoms with E-state index in [-0.39, 0.29) is 5.82 Å². The van der Waals surface area contributed by atoms with Gasteiger partial charge in [0.2, 0.25) is 5.95 Å². The van der Waals surface area contributed by atoms with Gasteiger partial charge >= 0.3 is 0 Å². The molecular formula is C27H36FN5O2. The minimum absolute atomic E-state index is 0.252. The number of anilines is 3. The summed E-state index contributed by atoms with van der Waals surface area (Å²) in [5, 5.41) is 11.8. The molecule has 1 aliphatic heterocycles. The molecule has 1 spiro atoms. The number of unbranched alkanes of at least 4 members (excludes halogenated alkanes) is 2. The third-order valence-corrected chi connectivity index (χ3v) is 7.26. The summed E-state index contributed by atoms with van der Waals surface area (Å²) in [6, 6.07) is 8.88. The topological polar surface area (TPSA) is 72.7 Å². The Bertz CT molecular complexity index is 1120. The summed E-state index contributed by atoms with van der Waals surface area (Å²) in [7, 11) is 0. The molecule has 7 nitrogen and oxygen atoms in total. The molecule has 188 valence electrons. The van der Waals surface area contributed by atoms with E-state index in [0.29, 0.717) is 31.1 Å². The molecule has 8 heteroatoms. The van der Waals surface area contributed by atoms with Gasteiger partial charge in [-0.25, -0.2) is 13.9 Å². The highest BCUT2D eigenvalue weighted by atomic mass is 19.1. The molecule has 2 N–H and O–H groups in total. The molecule has 1 aromatic carbocycles. The maximum atomic E-state index is 13.4. The summed E-state index contributed by atoms with van der Waals surface area (Å²) in [5.74, 6) is 0.336. The van der Waals surface area contributed by atoms with Gasteiger partial charge in [-0.2, -0.15) is 0 Å². The van der Waals surface area contributed by atoms with Crippen LogP contribution in [0, 0.1) is 5.82 Å². The zero-order chi connectivity index (χ0) is 24.3. The summed E-state index contributed by atoms with van der Waals surface area (Å²) in [6.07, 6.45) is 10.3. The Morgan fingerprint density at radius 3 is 2.60 bits per heavy atom. The van der Waals surface area contributed by atoms with E-state index in [1.165, 1.54) is 31.4 Å². The van der Waals surface area contributed by atoms with Gasteiger partial charge in [0.1, 0.15) is 11.3 Å².